The van der Waals surface area contributed by atoms with Crippen LogP contribution in [0.25, 0.3) is 0 Å². The molecule has 1 aromatic carbocycles. The van der Waals surface area contributed by atoms with Gasteiger partial charge in [0.15, 0.2) is 0 Å². The van der Waals surface area contributed by atoms with Crippen LogP contribution in [0, 0.1) is 0 Å². The van der Waals surface area contributed by atoms with Crippen LogP contribution in [0.4, 0.5) is 5.69 Å². The van der Waals surface area contributed by atoms with Crippen LogP contribution in [-0.4, -0.2) is 37.3 Å². The minimum atomic E-state index is -3.51. The van der Waals surface area contributed by atoms with Gasteiger partial charge in [-0.2, -0.15) is 4.31 Å². The highest BCUT2D eigenvalue weighted by atomic mass is 32.2. The van der Waals surface area contributed by atoms with Crippen LogP contribution in [0.3, 0.4) is 0 Å². The number of nitrogens with one attached hydrogen (secondary N) is 1. The van der Waals surface area contributed by atoms with Crippen LogP contribution >= 0.6 is 0 Å². The van der Waals surface area contributed by atoms with Crippen molar-refractivity contribution < 1.29 is 13.2 Å². The van der Waals surface area contributed by atoms with Crippen LogP contribution in [0.2, 0.25) is 0 Å². The summed E-state index contributed by atoms with van der Waals surface area (Å²) in [5, 5.41) is 2.65. The number of hydrogen-bond acceptors (Lipinski definition) is 4. The maximum Gasteiger partial charge on any atom is 0.243 e. The smallest absolute Gasteiger partial charge is 0.243 e. The third kappa shape index (κ3) is 3.85. The number of sulfonamides is 1. The van der Waals surface area contributed by atoms with Gasteiger partial charge in [0.25, 0.3) is 0 Å². The van der Waals surface area contributed by atoms with Gasteiger partial charge in [-0.1, -0.05) is 12.5 Å². The van der Waals surface area contributed by atoms with Gasteiger partial charge in [0.2, 0.25) is 15.9 Å². The number of nitrogens with zero attached hydrogens (tertiary/aromatic N) is 1. The summed E-state index contributed by atoms with van der Waals surface area (Å²) in [6.45, 7) is 4.29. The van der Waals surface area contributed by atoms with E-state index in [2.05, 4.69) is 5.32 Å². The van der Waals surface area contributed by atoms with E-state index in [0.717, 1.165) is 19.3 Å². The molecule has 0 saturated carbocycles. The Hall–Kier alpha value is -1.44. The van der Waals surface area contributed by atoms with Crippen molar-refractivity contribution >= 4 is 21.6 Å². The zero-order valence-electron chi connectivity index (χ0n) is 13.0. The first-order valence-electron chi connectivity index (χ1n) is 7.42. The normalized spacial score (nSPS) is 17.2. The monoisotopic (exact) mass is 325 g/mol. The lowest BCUT2D eigenvalue weighted by Gasteiger charge is -2.26. The van der Waals surface area contributed by atoms with E-state index < -0.39 is 15.6 Å². The molecule has 1 fully saturated rings. The van der Waals surface area contributed by atoms with Gasteiger partial charge in [0.05, 0.1) is 10.4 Å². The van der Waals surface area contributed by atoms with Gasteiger partial charge >= 0.3 is 0 Å². The first kappa shape index (κ1) is 16.9. The number of hydrogen-bond donors (Lipinski definition) is 2. The van der Waals surface area contributed by atoms with Crippen LogP contribution in [0.15, 0.2) is 29.2 Å². The number of rotatable bonds is 4. The van der Waals surface area contributed by atoms with Gasteiger partial charge in [0.1, 0.15) is 0 Å². The van der Waals surface area contributed by atoms with Crippen molar-refractivity contribution in [2.24, 2.45) is 5.73 Å². The molecule has 0 spiro atoms. The quantitative estimate of drug-likeness (QED) is 0.878. The maximum absolute atomic E-state index is 12.6. The summed E-state index contributed by atoms with van der Waals surface area (Å²) in [5.41, 5.74) is 5.14. The van der Waals surface area contributed by atoms with Crippen LogP contribution in [0.1, 0.15) is 33.1 Å². The highest BCUT2D eigenvalue weighted by Crippen LogP contribution is 2.23. The molecular weight excluding hydrogens is 302 g/mol. The second-order valence-corrected chi connectivity index (χ2v) is 8.11. The molecule has 1 saturated heterocycles. The third-order valence-electron chi connectivity index (χ3n) is 3.63. The van der Waals surface area contributed by atoms with Crippen LogP contribution < -0.4 is 11.1 Å². The lowest BCUT2D eigenvalue weighted by Crippen LogP contribution is -2.45. The molecule has 1 amide bonds. The topological polar surface area (TPSA) is 92.5 Å². The molecule has 3 N–H and O–H groups in total. The van der Waals surface area contributed by atoms with Gasteiger partial charge in [-0.15, -0.1) is 0 Å². The SMILES string of the molecule is CC(C)(N)C(=O)Nc1cccc(S(=O)(=O)N2CCCCC2)c1. The van der Waals surface area contributed by atoms with Crippen molar-refractivity contribution in [3.8, 4) is 0 Å². The van der Waals surface area contributed by atoms with Crippen molar-refractivity contribution in [2.75, 3.05) is 18.4 Å². The molecule has 0 bridgehead atoms. The van der Waals surface area contributed by atoms with E-state index in [4.69, 9.17) is 5.73 Å². The fourth-order valence-corrected chi connectivity index (χ4v) is 3.84. The van der Waals surface area contributed by atoms with E-state index in [9.17, 15) is 13.2 Å². The van der Waals surface area contributed by atoms with E-state index in [1.807, 2.05) is 0 Å². The molecule has 22 heavy (non-hydrogen) atoms. The first-order chi connectivity index (χ1) is 10.2. The molecule has 0 aromatic heterocycles. The Balaban J connectivity index is 2.22. The fraction of sp³-hybridized carbons (Fsp3) is 0.533. The fourth-order valence-electron chi connectivity index (χ4n) is 2.28. The maximum atomic E-state index is 12.6. The van der Waals surface area contributed by atoms with Gasteiger partial charge < -0.3 is 11.1 Å². The Morgan fingerprint density at radius 1 is 1.23 bits per heavy atom. The average molecular weight is 325 g/mol. The Kier molecular flexibility index (Phi) is 4.89. The molecule has 6 nitrogen and oxygen atoms in total. The number of nitrogens with two attached hydrogens (primary N) is 1. The standard InChI is InChI=1S/C15H23N3O3S/c1-15(2,16)14(19)17-12-7-6-8-13(11-12)22(20,21)18-9-4-3-5-10-18/h6-8,11H,3-5,9-10,16H2,1-2H3,(H,17,19). The molecule has 7 heteroatoms. The second kappa shape index (κ2) is 6.36. The highest BCUT2D eigenvalue weighted by molar-refractivity contribution is 7.89. The molecule has 2 rings (SSSR count). The van der Waals surface area contributed by atoms with Gasteiger partial charge in [-0.3, -0.25) is 4.79 Å². The minimum Gasteiger partial charge on any atom is -0.324 e. The van der Waals surface area contributed by atoms with E-state index in [0.29, 0.717) is 18.8 Å². The van der Waals surface area contributed by atoms with Crippen molar-refractivity contribution in [2.45, 2.75) is 43.5 Å². The second-order valence-electron chi connectivity index (χ2n) is 6.17. The first-order valence-corrected chi connectivity index (χ1v) is 8.86. The largest absolute Gasteiger partial charge is 0.324 e. The van der Waals surface area contributed by atoms with Crippen molar-refractivity contribution in [1.82, 2.24) is 4.31 Å². The Morgan fingerprint density at radius 3 is 2.45 bits per heavy atom. The lowest BCUT2D eigenvalue weighted by atomic mass is 10.1. The van der Waals surface area contributed by atoms with Gasteiger partial charge in [-0.05, 0) is 44.9 Å². The van der Waals surface area contributed by atoms with Crippen molar-refractivity contribution in [3.05, 3.63) is 24.3 Å². The predicted molar refractivity (Wildman–Crippen MR) is 85.9 cm³/mol. The minimum absolute atomic E-state index is 0.196. The number of amides is 1. The van der Waals surface area contributed by atoms with Crippen LogP contribution in [-0.2, 0) is 14.8 Å². The predicted octanol–water partition coefficient (Wildman–Crippen LogP) is 1.54. The van der Waals surface area contributed by atoms with E-state index in [-0.39, 0.29) is 10.8 Å². The Morgan fingerprint density at radius 2 is 1.86 bits per heavy atom. The summed E-state index contributed by atoms with van der Waals surface area (Å²) < 4.78 is 26.7. The molecular formula is C15H23N3O3S. The summed E-state index contributed by atoms with van der Waals surface area (Å²) >= 11 is 0. The Bertz CT molecular complexity index is 644. The Labute approximate surface area is 131 Å². The number of carbonyl (C=O) groups is 1. The molecule has 1 heterocycles. The molecule has 0 unspecified atom stereocenters. The van der Waals surface area contributed by atoms with E-state index in [1.165, 1.54) is 10.4 Å². The van der Waals surface area contributed by atoms with Gasteiger partial charge in [-0.25, -0.2) is 8.42 Å². The average Bonchev–Trinajstić information content (AvgIpc) is 2.47. The number of anilines is 1. The van der Waals surface area contributed by atoms with Crippen LogP contribution in [0.5, 0.6) is 0 Å². The third-order valence-corrected chi connectivity index (χ3v) is 5.52. The number of carbonyl (C=O) groups excluding carboxylic acids is 1. The zero-order valence-corrected chi connectivity index (χ0v) is 13.8. The van der Waals surface area contributed by atoms with Gasteiger partial charge in [0, 0.05) is 18.8 Å². The summed E-state index contributed by atoms with van der Waals surface area (Å²) in [6.07, 6.45) is 2.84. The lowest BCUT2D eigenvalue weighted by molar-refractivity contribution is -0.120. The van der Waals surface area contributed by atoms with Crippen molar-refractivity contribution in [1.29, 1.82) is 0 Å². The van der Waals surface area contributed by atoms with E-state index >= 15 is 0 Å². The van der Waals surface area contributed by atoms with E-state index in [1.54, 1.807) is 32.0 Å². The van der Waals surface area contributed by atoms with Crippen molar-refractivity contribution in [3.63, 3.8) is 0 Å². The molecule has 122 valence electrons. The summed E-state index contributed by atoms with van der Waals surface area (Å²) in [6, 6.07) is 6.30. The number of benzene rings is 1. The zero-order chi connectivity index (χ0) is 16.4. The summed E-state index contributed by atoms with van der Waals surface area (Å²) in [5.74, 6) is -0.361. The molecule has 1 aromatic rings. The highest BCUT2D eigenvalue weighted by Gasteiger charge is 2.27. The molecule has 0 aliphatic carbocycles. The molecule has 0 radical (unpaired) electrons. The molecule has 1 aliphatic rings. The molecule has 0 atom stereocenters. The summed E-state index contributed by atoms with van der Waals surface area (Å²) in [4.78, 5) is 12.1. The number of piperidine rings is 1. The molecule has 1 aliphatic heterocycles. The summed E-state index contributed by atoms with van der Waals surface area (Å²) in [7, 11) is -3.51.